The number of rotatable bonds is 6. The molecule has 1 unspecified atom stereocenters. The van der Waals surface area contributed by atoms with Crippen LogP contribution in [0, 0.1) is 17.6 Å². The van der Waals surface area contributed by atoms with Gasteiger partial charge < -0.3 is 5.32 Å². The fourth-order valence-corrected chi connectivity index (χ4v) is 2.15. The van der Waals surface area contributed by atoms with Crippen molar-refractivity contribution in [3.8, 4) is 0 Å². The lowest BCUT2D eigenvalue weighted by atomic mass is 9.93. The standard InChI is InChI=1S/C16H25F2N/c1-5-7-12(11-19-16(2,3)4)10-13-8-6-9-14(17)15(13)18/h6,8-9,12,19H,5,7,10-11H2,1-4H3. The Bertz CT molecular complexity index is 396. The molecule has 0 radical (unpaired) electrons. The zero-order valence-electron chi connectivity index (χ0n) is 12.4. The fourth-order valence-electron chi connectivity index (χ4n) is 2.15. The second kappa shape index (κ2) is 6.99. The SMILES string of the molecule is CCCC(CNC(C)(C)C)Cc1cccc(F)c1F. The van der Waals surface area contributed by atoms with E-state index >= 15 is 0 Å². The Morgan fingerprint density at radius 3 is 2.47 bits per heavy atom. The average molecular weight is 269 g/mol. The largest absolute Gasteiger partial charge is 0.312 e. The summed E-state index contributed by atoms with van der Waals surface area (Å²) in [6.45, 7) is 9.27. The molecule has 1 N–H and O–H groups in total. The van der Waals surface area contributed by atoms with E-state index in [9.17, 15) is 8.78 Å². The molecule has 0 aliphatic heterocycles. The Kier molecular flexibility index (Phi) is 5.92. The van der Waals surface area contributed by atoms with Gasteiger partial charge in [0.05, 0.1) is 0 Å². The summed E-state index contributed by atoms with van der Waals surface area (Å²) in [5.41, 5.74) is 0.529. The van der Waals surface area contributed by atoms with Gasteiger partial charge in [0.1, 0.15) is 0 Å². The monoisotopic (exact) mass is 269 g/mol. The van der Waals surface area contributed by atoms with Crippen LogP contribution < -0.4 is 5.32 Å². The van der Waals surface area contributed by atoms with Crippen LogP contribution in [-0.2, 0) is 6.42 Å². The first-order valence-electron chi connectivity index (χ1n) is 7.01. The van der Waals surface area contributed by atoms with E-state index in [1.165, 1.54) is 6.07 Å². The number of hydrogen-bond acceptors (Lipinski definition) is 1. The highest BCUT2D eigenvalue weighted by atomic mass is 19.2. The van der Waals surface area contributed by atoms with Gasteiger partial charge in [-0.05, 0) is 57.7 Å². The molecule has 0 fully saturated rings. The van der Waals surface area contributed by atoms with E-state index in [0.717, 1.165) is 19.4 Å². The fraction of sp³-hybridized carbons (Fsp3) is 0.625. The molecule has 1 nitrogen and oxygen atoms in total. The van der Waals surface area contributed by atoms with Crippen LogP contribution in [0.15, 0.2) is 18.2 Å². The third-order valence-corrected chi connectivity index (χ3v) is 3.16. The van der Waals surface area contributed by atoms with Crippen LogP contribution in [0.3, 0.4) is 0 Å². The Balaban J connectivity index is 2.70. The summed E-state index contributed by atoms with van der Waals surface area (Å²) >= 11 is 0. The minimum atomic E-state index is -0.753. The molecule has 0 aromatic heterocycles. The van der Waals surface area contributed by atoms with Gasteiger partial charge in [-0.3, -0.25) is 0 Å². The second-order valence-electron chi connectivity index (χ2n) is 6.20. The lowest BCUT2D eigenvalue weighted by Crippen LogP contribution is -2.39. The second-order valence-corrected chi connectivity index (χ2v) is 6.20. The van der Waals surface area contributed by atoms with Gasteiger partial charge in [0, 0.05) is 5.54 Å². The van der Waals surface area contributed by atoms with E-state index in [1.54, 1.807) is 12.1 Å². The number of halogens is 2. The van der Waals surface area contributed by atoms with Crippen LogP contribution in [0.5, 0.6) is 0 Å². The molecule has 0 bridgehead atoms. The molecule has 0 heterocycles. The van der Waals surface area contributed by atoms with Crippen LogP contribution in [0.25, 0.3) is 0 Å². The molecule has 0 saturated heterocycles. The van der Waals surface area contributed by atoms with Crippen molar-refractivity contribution >= 4 is 0 Å². The van der Waals surface area contributed by atoms with Crippen molar-refractivity contribution in [3.63, 3.8) is 0 Å². The van der Waals surface area contributed by atoms with Crippen molar-refractivity contribution in [3.05, 3.63) is 35.4 Å². The van der Waals surface area contributed by atoms with Crippen LogP contribution >= 0.6 is 0 Å². The maximum atomic E-state index is 13.7. The predicted molar refractivity (Wildman–Crippen MR) is 76.2 cm³/mol. The van der Waals surface area contributed by atoms with E-state index in [1.807, 2.05) is 0 Å². The molecule has 0 aliphatic carbocycles. The third-order valence-electron chi connectivity index (χ3n) is 3.16. The summed E-state index contributed by atoms with van der Waals surface area (Å²) in [4.78, 5) is 0. The summed E-state index contributed by atoms with van der Waals surface area (Å²) in [5, 5.41) is 3.44. The lowest BCUT2D eigenvalue weighted by Gasteiger charge is -2.25. The highest BCUT2D eigenvalue weighted by Crippen LogP contribution is 2.19. The summed E-state index contributed by atoms with van der Waals surface area (Å²) in [5.74, 6) is -1.11. The molecule has 1 aromatic rings. The van der Waals surface area contributed by atoms with Crippen LogP contribution in [-0.4, -0.2) is 12.1 Å². The lowest BCUT2D eigenvalue weighted by molar-refractivity contribution is 0.351. The van der Waals surface area contributed by atoms with Crippen molar-refractivity contribution in [2.75, 3.05) is 6.54 Å². The molecule has 19 heavy (non-hydrogen) atoms. The van der Waals surface area contributed by atoms with Gasteiger partial charge in [-0.2, -0.15) is 0 Å². The molecule has 1 rings (SSSR count). The Hall–Kier alpha value is -0.960. The van der Waals surface area contributed by atoms with E-state index in [4.69, 9.17) is 0 Å². The summed E-state index contributed by atoms with van der Waals surface area (Å²) in [6, 6.07) is 4.42. The van der Waals surface area contributed by atoms with Crippen molar-refractivity contribution in [1.29, 1.82) is 0 Å². The van der Waals surface area contributed by atoms with Gasteiger partial charge in [0.2, 0.25) is 0 Å². The Labute approximate surface area is 115 Å². The summed E-state index contributed by atoms with van der Waals surface area (Å²) in [6.07, 6.45) is 2.65. The van der Waals surface area contributed by atoms with Crippen molar-refractivity contribution in [1.82, 2.24) is 5.32 Å². The van der Waals surface area contributed by atoms with Crippen LogP contribution in [0.1, 0.15) is 46.1 Å². The van der Waals surface area contributed by atoms with E-state index in [0.29, 0.717) is 17.9 Å². The van der Waals surface area contributed by atoms with Gasteiger partial charge >= 0.3 is 0 Å². The van der Waals surface area contributed by atoms with E-state index in [2.05, 4.69) is 33.0 Å². The zero-order chi connectivity index (χ0) is 14.5. The molecule has 0 amide bonds. The van der Waals surface area contributed by atoms with Gasteiger partial charge in [-0.25, -0.2) is 8.78 Å². The number of benzene rings is 1. The highest BCUT2D eigenvalue weighted by Gasteiger charge is 2.17. The minimum absolute atomic E-state index is 0.0481. The Morgan fingerprint density at radius 1 is 1.21 bits per heavy atom. The van der Waals surface area contributed by atoms with Gasteiger partial charge in [0.15, 0.2) is 11.6 Å². The maximum absolute atomic E-state index is 13.7. The smallest absolute Gasteiger partial charge is 0.162 e. The van der Waals surface area contributed by atoms with E-state index in [-0.39, 0.29) is 5.54 Å². The molecule has 3 heteroatoms. The predicted octanol–water partition coefficient (Wildman–Crippen LogP) is 4.31. The topological polar surface area (TPSA) is 12.0 Å². The van der Waals surface area contributed by atoms with Gasteiger partial charge in [-0.1, -0.05) is 25.5 Å². The number of hydrogen-bond donors (Lipinski definition) is 1. The van der Waals surface area contributed by atoms with Crippen LogP contribution in [0.2, 0.25) is 0 Å². The zero-order valence-corrected chi connectivity index (χ0v) is 12.4. The van der Waals surface area contributed by atoms with Crippen molar-refractivity contribution in [2.45, 2.75) is 52.5 Å². The van der Waals surface area contributed by atoms with E-state index < -0.39 is 11.6 Å². The number of nitrogens with one attached hydrogen (secondary N) is 1. The summed E-state index contributed by atoms with van der Waals surface area (Å²) < 4.78 is 26.9. The molecule has 0 saturated carbocycles. The van der Waals surface area contributed by atoms with Crippen LogP contribution in [0.4, 0.5) is 8.78 Å². The summed E-state index contributed by atoms with van der Waals surface area (Å²) in [7, 11) is 0. The molecule has 1 atom stereocenters. The normalized spacial score (nSPS) is 13.6. The van der Waals surface area contributed by atoms with Gasteiger partial charge in [-0.15, -0.1) is 0 Å². The Morgan fingerprint density at radius 2 is 1.89 bits per heavy atom. The minimum Gasteiger partial charge on any atom is -0.312 e. The first kappa shape index (κ1) is 16.1. The maximum Gasteiger partial charge on any atom is 0.162 e. The molecular formula is C16H25F2N. The highest BCUT2D eigenvalue weighted by molar-refractivity contribution is 5.19. The first-order chi connectivity index (χ1) is 8.83. The molecule has 0 aliphatic rings. The first-order valence-corrected chi connectivity index (χ1v) is 7.01. The molecule has 108 valence electrons. The quantitative estimate of drug-likeness (QED) is 0.811. The van der Waals surface area contributed by atoms with Crippen molar-refractivity contribution < 1.29 is 8.78 Å². The average Bonchev–Trinajstić information content (AvgIpc) is 2.31. The van der Waals surface area contributed by atoms with Gasteiger partial charge in [0.25, 0.3) is 0 Å². The molecule has 0 spiro atoms. The molecule has 1 aromatic carbocycles. The molecular weight excluding hydrogens is 244 g/mol. The third kappa shape index (κ3) is 5.68. The van der Waals surface area contributed by atoms with Crippen molar-refractivity contribution in [2.24, 2.45) is 5.92 Å².